The maximum absolute atomic E-state index is 12.2. The van der Waals surface area contributed by atoms with Gasteiger partial charge >= 0.3 is 0 Å². The summed E-state index contributed by atoms with van der Waals surface area (Å²) in [5.74, 6) is -0.645. The second kappa shape index (κ2) is 6.31. The first-order chi connectivity index (χ1) is 9.23. The summed E-state index contributed by atoms with van der Waals surface area (Å²) in [6.45, 7) is 1.91. The van der Waals surface area contributed by atoms with Crippen molar-refractivity contribution >= 4 is 28.3 Å². The predicted octanol–water partition coefficient (Wildman–Crippen LogP) is 0.675. The molecular formula is C13H20ClN3O3S. The molecule has 1 aliphatic rings. The molecule has 0 atom stereocenters. The van der Waals surface area contributed by atoms with Crippen LogP contribution in [0, 0.1) is 6.92 Å². The standard InChI is InChI=1S/C13H19N3O3S.ClH/c1-9-3-4-10(7-11(9)12(14)17)20(18,19)16-8-13(15)5-2-6-13;/h3-4,7,16H,2,5-6,8,15H2,1H3,(H2,14,17);1H. The molecule has 0 heterocycles. The summed E-state index contributed by atoms with van der Waals surface area (Å²) in [6, 6.07) is 4.31. The lowest BCUT2D eigenvalue weighted by Gasteiger charge is -2.38. The van der Waals surface area contributed by atoms with Crippen molar-refractivity contribution in [3.8, 4) is 0 Å². The van der Waals surface area contributed by atoms with E-state index >= 15 is 0 Å². The van der Waals surface area contributed by atoms with Gasteiger partial charge in [-0.3, -0.25) is 4.79 Å². The number of nitrogens with one attached hydrogen (secondary N) is 1. The third-order valence-electron chi connectivity index (χ3n) is 3.75. The number of sulfonamides is 1. The molecule has 0 bridgehead atoms. The van der Waals surface area contributed by atoms with Crippen LogP contribution in [0.4, 0.5) is 0 Å². The molecule has 21 heavy (non-hydrogen) atoms. The van der Waals surface area contributed by atoms with Crippen LogP contribution in [0.2, 0.25) is 0 Å². The van der Waals surface area contributed by atoms with Crippen molar-refractivity contribution in [3.05, 3.63) is 29.3 Å². The Labute approximate surface area is 130 Å². The van der Waals surface area contributed by atoms with Crippen LogP contribution in [0.1, 0.15) is 35.2 Å². The minimum atomic E-state index is -3.68. The van der Waals surface area contributed by atoms with Crippen LogP contribution in [0.15, 0.2) is 23.1 Å². The van der Waals surface area contributed by atoms with Gasteiger partial charge in [-0.05, 0) is 43.9 Å². The minimum absolute atomic E-state index is 0. The van der Waals surface area contributed by atoms with Gasteiger partial charge in [0.2, 0.25) is 15.9 Å². The molecule has 0 aliphatic heterocycles. The third kappa shape index (κ3) is 3.94. The van der Waals surface area contributed by atoms with Crippen LogP contribution in [0.3, 0.4) is 0 Å². The van der Waals surface area contributed by atoms with Crippen molar-refractivity contribution < 1.29 is 13.2 Å². The Kier molecular flexibility index (Phi) is 5.38. The Morgan fingerprint density at radius 3 is 2.48 bits per heavy atom. The second-order valence-corrected chi connectivity index (χ2v) is 7.15. The van der Waals surface area contributed by atoms with Crippen molar-refractivity contribution in [2.24, 2.45) is 11.5 Å². The number of amides is 1. The van der Waals surface area contributed by atoms with Gasteiger partial charge in [-0.15, -0.1) is 12.4 Å². The van der Waals surface area contributed by atoms with E-state index in [1.807, 2.05) is 0 Å². The van der Waals surface area contributed by atoms with Crippen LogP contribution in [-0.4, -0.2) is 26.4 Å². The molecule has 1 amide bonds. The van der Waals surface area contributed by atoms with Gasteiger partial charge in [-0.25, -0.2) is 13.1 Å². The van der Waals surface area contributed by atoms with Gasteiger partial charge in [0, 0.05) is 17.6 Å². The number of aryl methyl sites for hydroxylation is 1. The summed E-state index contributed by atoms with van der Waals surface area (Å²) in [5, 5.41) is 0. The van der Waals surface area contributed by atoms with Crippen LogP contribution in [-0.2, 0) is 10.0 Å². The molecule has 1 fully saturated rings. The molecule has 0 saturated heterocycles. The molecule has 2 rings (SSSR count). The number of benzene rings is 1. The highest BCUT2D eigenvalue weighted by Crippen LogP contribution is 2.28. The molecular weight excluding hydrogens is 314 g/mol. The number of halogens is 1. The van der Waals surface area contributed by atoms with E-state index < -0.39 is 21.5 Å². The van der Waals surface area contributed by atoms with Crippen molar-refractivity contribution in [1.82, 2.24) is 4.72 Å². The average Bonchev–Trinajstić information content (AvgIpc) is 2.34. The van der Waals surface area contributed by atoms with Crippen LogP contribution in [0.25, 0.3) is 0 Å². The monoisotopic (exact) mass is 333 g/mol. The lowest BCUT2D eigenvalue weighted by Crippen LogP contribution is -2.54. The average molecular weight is 334 g/mol. The summed E-state index contributed by atoms with van der Waals surface area (Å²) in [6.07, 6.45) is 2.65. The first-order valence-electron chi connectivity index (χ1n) is 6.43. The second-order valence-electron chi connectivity index (χ2n) is 5.38. The van der Waals surface area contributed by atoms with E-state index in [1.54, 1.807) is 13.0 Å². The molecule has 1 saturated carbocycles. The third-order valence-corrected chi connectivity index (χ3v) is 5.15. The number of primary amides is 1. The largest absolute Gasteiger partial charge is 0.366 e. The van der Waals surface area contributed by atoms with Gasteiger partial charge in [0.05, 0.1) is 4.90 Å². The smallest absolute Gasteiger partial charge is 0.249 e. The lowest BCUT2D eigenvalue weighted by atomic mass is 9.78. The normalized spacial score (nSPS) is 16.7. The maximum atomic E-state index is 12.2. The summed E-state index contributed by atoms with van der Waals surface area (Å²) >= 11 is 0. The zero-order valence-corrected chi connectivity index (χ0v) is 13.4. The maximum Gasteiger partial charge on any atom is 0.249 e. The fraction of sp³-hybridized carbons (Fsp3) is 0.462. The Bertz CT molecular complexity index is 642. The Balaban J connectivity index is 0.00000220. The molecule has 0 unspecified atom stereocenters. The van der Waals surface area contributed by atoms with Crippen molar-refractivity contribution in [2.45, 2.75) is 36.6 Å². The van der Waals surface area contributed by atoms with Crippen LogP contribution in [0.5, 0.6) is 0 Å². The van der Waals surface area contributed by atoms with Gasteiger partial charge < -0.3 is 11.5 Å². The number of nitrogens with two attached hydrogens (primary N) is 2. The predicted molar refractivity (Wildman–Crippen MR) is 82.9 cm³/mol. The fourth-order valence-electron chi connectivity index (χ4n) is 2.16. The van der Waals surface area contributed by atoms with Crippen LogP contribution < -0.4 is 16.2 Å². The molecule has 8 heteroatoms. The number of carbonyl (C=O) groups is 1. The summed E-state index contributed by atoms with van der Waals surface area (Å²) < 4.78 is 26.9. The number of hydrogen-bond acceptors (Lipinski definition) is 4. The highest BCUT2D eigenvalue weighted by Gasteiger charge is 2.33. The van der Waals surface area contributed by atoms with Gasteiger partial charge in [-0.1, -0.05) is 6.07 Å². The highest BCUT2D eigenvalue weighted by atomic mass is 35.5. The van der Waals surface area contributed by atoms with E-state index in [1.165, 1.54) is 12.1 Å². The first kappa shape index (κ1) is 17.9. The Morgan fingerprint density at radius 2 is 2.00 bits per heavy atom. The topological polar surface area (TPSA) is 115 Å². The van der Waals surface area contributed by atoms with E-state index in [4.69, 9.17) is 11.5 Å². The zero-order chi connectivity index (χ0) is 15.0. The molecule has 1 aliphatic carbocycles. The van der Waals surface area contributed by atoms with Crippen molar-refractivity contribution in [1.29, 1.82) is 0 Å². The fourth-order valence-corrected chi connectivity index (χ4v) is 3.33. The summed E-state index contributed by atoms with van der Waals surface area (Å²) in [5.41, 5.74) is 11.6. The first-order valence-corrected chi connectivity index (χ1v) is 7.91. The summed E-state index contributed by atoms with van der Waals surface area (Å²) in [4.78, 5) is 11.3. The molecule has 6 nitrogen and oxygen atoms in total. The quantitative estimate of drug-likeness (QED) is 0.734. The minimum Gasteiger partial charge on any atom is -0.366 e. The molecule has 0 radical (unpaired) electrons. The Morgan fingerprint density at radius 1 is 1.38 bits per heavy atom. The van der Waals surface area contributed by atoms with Gasteiger partial charge in [0.1, 0.15) is 0 Å². The van der Waals surface area contributed by atoms with E-state index in [0.29, 0.717) is 5.56 Å². The molecule has 0 spiro atoms. The number of hydrogen-bond donors (Lipinski definition) is 3. The molecule has 5 N–H and O–H groups in total. The van der Waals surface area contributed by atoms with Crippen molar-refractivity contribution in [2.75, 3.05) is 6.54 Å². The number of carbonyl (C=O) groups excluding carboxylic acids is 1. The highest BCUT2D eigenvalue weighted by molar-refractivity contribution is 7.89. The summed E-state index contributed by atoms with van der Waals surface area (Å²) in [7, 11) is -3.68. The van der Waals surface area contributed by atoms with E-state index in [2.05, 4.69) is 4.72 Å². The molecule has 0 aromatic heterocycles. The van der Waals surface area contributed by atoms with E-state index in [9.17, 15) is 13.2 Å². The van der Waals surface area contributed by atoms with Gasteiger partial charge in [-0.2, -0.15) is 0 Å². The van der Waals surface area contributed by atoms with E-state index in [0.717, 1.165) is 19.3 Å². The number of rotatable bonds is 5. The van der Waals surface area contributed by atoms with Gasteiger partial charge in [0.15, 0.2) is 0 Å². The molecule has 1 aromatic carbocycles. The molecule has 118 valence electrons. The zero-order valence-electron chi connectivity index (χ0n) is 11.8. The Hall–Kier alpha value is -1.15. The molecule has 1 aromatic rings. The lowest BCUT2D eigenvalue weighted by molar-refractivity contribution is 0.0999. The van der Waals surface area contributed by atoms with Crippen molar-refractivity contribution in [3.63, 3.8) is 0 Å². The SMILES string of the molecule is Cc1ccc(S(=O)(=O)NCC2(N)CCC2)cc1C(N)=O.Cl. The van der Waals surface area contributed by atoms with E-state index in [-0.39, 0.29) is 29.4 Å². The van der Waals surface area contributed by atoms with Gasteiger partial charge in [0.25, 0.3) is 0 Å². The van der Waals surface area contributed by atoms with Crippen LogP contribution >= 0.6 is 12.4 Å².